The third-order valence-corrected chi connectivity index (χ3v) is 3.61. The van der Waals surface area contributed by atoms with Crippen molar-refractivity contribution in [3.63, 3.8) is 0 Å². The maximum Gasteiger partial charge on any atom is 0.0459 e. The lowest BCUT2D eigenvalue weighted by molar-refractivity contribution is 0.293. The van der Waals surface area contributed by atoms with Crippen molar-refractivity contribution in [2.45, 2.75) is 47.5 Å². The SMILES string of the molecule is CC.CCCN(CC)CCc1c[nH]c2cc(C)ccc12. The minimum absolute atomic E-state index is 1.14. The Labute approximate surface area is 124 Å². The van der Waals surface area contributed by atoms with E-state index in [2.05, 4.69) is 55.1 Å². The molecule has 0 aliphatic rings. The second-order valence-electron chi connectivity index (χ2n) is 5.05. The van der Waals surface area contributed by atoms with Gasteiger partial charge in [0.25, 0.3) is 0 Å². The number of likely N-dealkylation sites (N-methyl/N-ethyl adjacent to an activating group) is 1. The van der Waals surface area contributed by atoms with Crippen LogP contribution in [-0.4, -0.2) is 29.5 Å². The molecule has 112 valence electrons. The number of aryl methyl sites for hydroxylation is 1. The number of fused-ring (bicyclic) bond motifs is 1. The summed E-state index contributed by atoms with van der Waals surface area (Å²) in [6, 6.07) is 6.67. The quantitative estimate of drug-likeness (QED) is 0.803. The fourth-order valence-corrected chi connectivity index (χ4v) is 2.53. The van der Waals surface area contributed by atoms with Crippen molar-refractivity contribution in [2.24, 2.45) is 0 Å². The predicted octanol–water partition coefficient (Wildman–Crippen LogP) is 4.78. The summed E-state index contributed by atoms with van der Waals surface area (Å²) in [5, 5.41) is 1.38. The Morgan fingerprint density at radius 3 is 2.50 bits per heavy atom. The minimum atomic E-state index is 1.14. The fraction of sp³-hybridized carbons (Fsp3) is 0.556. The molecule has 2 aromatic rings. The molecule has 0 aliphatic heterocycles. The number of nitrogens with one attached hydrogen (secondary N) is 1. The Hall–Kier alpha value is -1.28. The summed E-state index contributed by atoms with van der Waals surface area (Å²) < 4.78 is 0. The van der Waals surface area contributed by atoms with Crippen molar-refractivity contribution in [3.8, 4) is 0 Å². The topological polar surface area (TPSA) is 19.0 Å². The lowest BCUT2D eigenvalue weighted by atomic mass is 10.1. The van der Waals surface area contributed by atoms with Gasteiger partial charge in [-0.25, -0.2) is 0 Å². The first-order valence-electron chi connectivity index (χ1n) is 8.03. The molecule has 0 saturated carbocycles. The molecule has 1 heterocycles. The van der Waals surface area contributed by atoms with E-state index in [1.165, 1.54) is 35.0 Å². The van der Waals surface area contributed by atoms with Gasteiger partial charge < -0.3 is 9.88 Å². The molecule has 0 fully saturated rings. The predicted molar refractivity (Wildman–Crippen MR) is 90.5 cm³/mol. The van der Waals surface area contributed by atoms with Gasteiger partial charge in [-0.05, 0) is 50.0 Å². The maximum absolute atomic E-state index is 3.38. The molecular weight excluding hydrogens is 244 g/mol. The van der Waals surface area contributed by atoms with E-state index >= 15 is 0 Å². The van der Waals surface area contributed by atoms with Crippen LogP contribution in [0.2, 0.25) is 0 Å². The summed E-state index contributed by atoms with van der Waals surface area (Å²) in [5.41, 5.74) is 4.03. The number of rotatable bonds is 6. The van der Waals surface area contributed by atoms with Crippen LogP contribution in [0.5, 0.6) is 0 Å². The van der Waals surface area contributed by atoms with Crippen molar-refractivity contribution < 1.29 is 0 Å². The number of aromatic nitrogens is 1. The van der Waals surface area contributed by atoms with E-state index in [1.54, 1.807) is 0 Å². The molecule has 20 heavy (non-hydrogen) atoms. The van der Waals surface area contributed by atoms with Gasteiger partial charge in [0, 0.05) is 23.6 Å². The molecule has 2 nitrogen and oxygen atoms in total. The van der Waals surface area contributed by atoms with Gasteiger partial charge in [-0.3, -0.25) is 0 Å². The van der Waals surface area contributed by atoms with E-state index < -0.39 is 0 Å². The first-order chi connectivity index (χ1) is 9.74. The summed E-state index contributed by atoms with van der Waals surface area (Å²) in [5.74, 6) is 0. The van der Waals surface area contributed by atoms with Crippen LogP contribution in [0, 0.1) is 6.92 Å². The van der Waals surface area contributed by atoms with E-state index in [9.17, 15) is 0 Å². The van der Waals surface area contributed by atoms with Gasteiger partial charge in [-0.1, -0.05) is 39.8 Å². The van der Waals surface area contributed by atoms with Crippen molar-refractivity contribution in [2.75, 3.05) is 19.6 Å². The van der Waals surface area contributed by atoms with Gasteiger partial charge in [-0.2, -0.15) is 0 Å². The van der Waals surface area contributed by atoms with E-state index in [4.69, 9.17) is 0 Å². The average Bonchev–Trinajstić information content (AvgIpc) is 2.87. The number of benzene rings is 1. The minimum Gasteiger partial charge on any atom is -0.361 e. The zero-order chi connectivity index (χ0) is 15.0. The highest BCUT2D eigenvalue weighted by atomic mass is 15.1. The lowest BCUT2D eigenvalue weighted by Gasteiger charge is -2.18. The third-order valence-electron chi connectivity index (χ3n) is 3.61. The van der Waals surface area contributed by atoms with Gasteiger partial charge in [0.15, 0.2) is 0 Å². The Morgan fingerprint density at radius 1 is 1.10 bits per heavy atom. The molecule has 1 aromatic carbocycles. The average molecular weight is 274 g/mol. The molecule has 0 atom stereocenters. The Bertz CT molecular complexity index is 499. The zero-order valence-corrected chi connectivity index (χ0v) is 13.8. The van der Waals surface area contributed by atoms with Crippen LogP contribution in [0.25, 0.3) is 10.9 Å². The number of H-pyrrole nitrogens is 1. The molecule has 2 heteroatoms. The lowest BCUT2D eigenvalue weighted by Crippen LogP contribution is -2.26. The summed E-state index contributed by atoms with van der Waals surface area (Å²) in [7, 11) is 0. The van der Waals surface area contributed by atoms with E-state index in [0.717, 1.165) is 19.5 Å². The summed E-state index contributed by atoms with van der Waals surface area (Å²) in [6.45, 7) is 14.1. The summed E-state index contributed by atoms with van der Waals surface area (Å²) >= 11 is 0. The van der Waals surface area contributed by atoms with E-state index in [0.29, 0.717) is 0 Å². The highest BCUT2D eigenvalue weighted by molar-refractivity contribution is 5.83. The van der Waals surface area contributed by atoms with Crippen LogP contribution in [-0.2, 0) is 6.42 Å². The molecule has 1 N–H and O–H groups in total. The largest absolute Gasteiger partial charge is 0.361 e. The standard InChI is InChI=1S/C16H24N2.C2H6/c1-4-9-18(5-2)10-8-14-12-17-16-11-13(3)6-7-15(14)16;1-2/h6-7,11-12,17H,4-5,8-10H2,1-3H3;1-2H3. The number of aromatic amines is 1. The first kappa shape index (κ1) is 16.8. The van der Waals surface area contributed by atoms with Gasteiger partial charge in [0.1, 0.15) is 0 Å². The number of hydrogen-bond acceptors (Lipinski definition) is 1. The molecular formula is C18H30N2. The maximum atomic E-state index is 3.38. The molecule has 0 amide bonds. The van der Waals surface area contributed by atoms with Gasteiger partial charge in [0.2, 0.25) is 0 Å². The normalized spacial score (nSPS) is 10.7. The third kappa shape index (κ3) is 4.38. The Morgan fingerprint density at radius 2 is 1.85 bits per heavy atom. The summed E-state index contributed by atoms with van der Waals surface area (Å²) in [4.78, 5) is 5.91. The highest BCUT2D eigenvalue weighted by Crippen LogP contribution is 2.20. The second kappa shape index (κ2) is 8.80. The van der Waals surface area contributed by atoms with Crippen LogP contribution in [0.15, 0.2) is 24.4 Å². The molecule has 0 spiro atoms. The van der Waals surface area contributed by atoms with Crippen molar-refractivity contribution in [1.82, 2.24) is 9.88 Å². The molecule has 0 bridgehead atoms. The molecule has 2 rings (SSSR count). The fourth-order valence-electron chi connectivity index (χ4n) is 2.53. The molecule has 1 aromatic heterocycles. The zero-order valence-electron chi connectivity index (χ0n) is 13.8. The molecule has 0 aliphatic carbocycles. The molecule has 0 unspecified atom stereocenters. The van der Waals surface area contributed by atoms with Crippen LogP contribution in [0.1, 0.15) is 45.2 Å². The Balaban J connectivity index is 0.000000956. The van der Waals surface area contributed by atoms with Gasteiger partial charge in [0.05, 0.1) is 0 Å². The van der Waals surface area contributed by atoms with Crippen LogP contribution in [0.4, 0.5) is 0 Å². The van der Waals surface area contributed by atoms with Crippen LogP contribution in [0.3, 0.4) is 0 Å². The molecule has 0 saturated heterocycles. The van der Waals surface area contributed by atoms with Crippen molar-refractivity contribution >= 4 is 10.9 Å². The van der Waals surface area contributed by atoms with E-state index in [1.807, 2.05) is 13.8 Å². The van der Waals surface area contributed by atoms with Crippen LogP contribution < -0.4 is 0 Å². The monoisotopic (exact) mass is 274 g/mol. The second-order valence-corrected chi connectivity index (χ2v) is 5.05. The van der Waals surface area contributed by atoms with Crippen molar-refractivity contribution in [1.29, 1.82) is 0 Å². The molecule has 0 radical (unpaired) electrons. The number of nitrogens with zero attached hydrogens (tertiary/aromatic N) is 1. The van der Waals surface area contributed by atoms with Gasteiger partial charge in [-0.15, -0.1) is 0 Å². The smallest absolute Gasteiger partial charge is 0.0459 e. The highest BCUT2D eigenvalue weighted by Gasteiger charge is 2.06. The van der Waals surface area contributed by atoms with E-state index in [-0.39, 0.29) is 0 Å². The Kier molecular flexibility index (Phi) is 7.38. The van der Waals surface area contributed by atoms with Crippen molar-refractivity contribution in [3.05, 3.63) is 35.5 Å². The first-order valence-corrected chi connectivity index (χ1v) is 8.03. The van der Waals surface area contributed by atoms with Gasteiger partial charge >= 0.3 is 0 Å². The number of hydrogen-bond donors (Lipinski definition) is 1. The van der Waals surface area contributed by atoms with Crippen LogP contribution >= 0.6 is 0 Å². The summed E-state index contributed by atoms with van der Waals surface area (Å²) in [6.07, 6.45) is 4.54.